The number of nitro groups is 1. The minimum Gasteiger partial charge on any atom is -0.467 e. The lowest BCUT2D eigenvalue weighted by Gasteiger charge is -2.10. The second-order valence-corrected chi connectivity index (χ2v) is 5.98. The summed E-state index contributed by atoms with van der Waals surface area (Å²) in [6, 6.07) is 16.0. The van der Waals surface area contributed by atoms with Crippen LogP contribution >= 0.6 is 0 Å². The smallest absolute Gasteiger partial charge is 0.270 e. The van der Waals surface area contributed by atoms with Gasteiger partial charge in [-0.15, -0.1) is 0 Å². The molecule has 3 rings (SSSR count). The van der Waals surface area contributed by atoms with Gasteiger partial charge in [0.2, 0.25) is 5.91 Å². The van der Waals surface area contributed by atoms with Crippen molar-refractivity contribution in [2.24, 2.45) is 0 Å². The standard InChI is InChI=1S/C21H17N3O5/c25-20(11-10-15-5-3-6-16(13-15)24(27)28)23-19-9-2-1-8-18(19)21(26)22-14-17-7-4-12-29-17/h1-13H,14H2,(H,22,26)(H,23,25)/b11-10+. The number of para-hydroxylation sites is 1. The lowest BCUT2D eigenvalue weighted by Crippen LogP contribution is -2.24. The Balaban J connectivity index is 1.66. The fourth-order valence-corrected chi connectivity index (χ4v) is 2.55. The van der Waals surface area contributed by atoms with Gasteiger partial charge in [-0.2, -0.15) is 0 Å². The SMILES string of the molecule is O=C(/C=C/c1cccc([N+](=O)[O-])c1)Nc1ccccc1C(=O)NCc1ccco1. The maximum absolute atomic E-state index is 12.4. The lowest BCUT2D eigenvalue weighted by molar-refractivity contribution is -0.384. The first-order chi connectivity index (χ1) is 14.0. The van der Waals surface area contributed by atoms with Crippen molar-refractivity contribution < 1.29 is 18.9 Å². The average molecular weight is 391 g/mol. The molecule has 0 spiro atoms. The molecule has 2 N–H and O–H groups in total. The van der Waals surface area contributed by atoms with Gasteiger partial charge in [0.15, 0.2) is 0 Å². The van der Waals surface area contributed by atoms with Crippen molar-refractivity contribution in [2.45, 2.75) is 6.54 Å². The van der Waals surface area contributed by atoms with Crippen LogP contribution in [0.1, 0.15) is 21.7 Å². The maximum Gasteiger partial charge on any atom is 0.270 e. The topological polar surface area (TPSA) is 114 Å². The number of anilines is 1. The van der Waals surface area contributed by atoms with E-state index in [4.69, 9.17) is 4.42 Å². The van der Waals surface area contributed by atoms with E-state index < -0.39 is 10.8 Å². The van der Waals surface area contributed by atoms with Crippen LogP contribution in [0.15, 0.2) is 77.4 Å². The molecule has 29 heavy (non-hydrogen) atoms. The van der Waals surface area contributed by atoms with Gasteiger partial charge in [0, 0.05) is 18.2 Å². The summed E-state index contributed by atoms with van der Waals surface area (Å²) >= 11 is 0. The number of hydrogen-bond acceptors (Lipinski definition) is 5. The molecular formula is C21H17N3O5. The summed E-state index contributed by atoms with van der Waals surface area (Å²) in [6.07, 6.45) is 4.22. The van der Waals surface area contributed by atoms with Gasteiger partial charge in [0.05, 0.1) is 29.0 Å². The lowest BCUT2D eigenvalue weighted by atomic mass is 10.1. The molecule has 0 unspecified atom stereocenters. The summed E-state index contributed by atoms with van der Waals surface area (Å²) in [7, 11) is 0. The Kier molecular flexibility index (Phi) is 6.16. The highest BCUT2D eigenvalue weighted by molar-refractivity contribution is 6.07. The first-order valence-electron chi connectivity index (χ1n) is 8.66. The molecule has 146 valence electrons. The predicted molar refractivity (Wildman–Crippen MR) is 107 cm³/mol. The van der Waals surface area contributed by atoms with Crippen molar-refractivity contribution in [2.75, 3.05) is 5.32 Å². The second kappa shape index (κ2) is 9.14. The third-order valence-electron chi connectivity index (χ3n) is 3.94. The van der Waals surface area contributed by atoms with Crippen molar-refractivity contribution in [1.29, 1.82) is 0 Å². The second-order valence-electron chi connectivity index (χ2n) is 5.98. The van der Waals surface area contributed by atoms with Crippen LogP contribution in [0.2, 0.25) is 0 Å². The maximum atomic E-state index is 12.4. The van der Waals surface area contributed by atoms with E-state index in [2.05, 4.69) is 10.6 Å². The fraction of sp³-hybridized carbons (Fsp3) is 0.0476. The van der Waals surface area contributed by atoms with E-state index in [-0.39, 0.29) is 18.1 Å². The molecule has 2 amide bonds. The number of hydrogen-bond donors (Lipinski definition) is 2. The Morgan fingerprint density at radius 2 is 1.90 bits per heavy atom. The normalized spacial score (nSPS) is 10.6. The monoisotopic (exact) mass is 391 g/mol. The Hall–Kier alpha value is -4.20. The summed E-state index contributed by atoms with van der Waals surface area (Å²) < 4.78 is 5.18. The molecule has 0 aliphatic heterocycles. The molecule has 0 atom stereocenters. The summed E-state index contributed by atoms with van der Waals surface area (Å²) in [5.41, 5.74) is 1.10. The first-order valence-corrected chi connectivity index (χ1v) is 8.66. The Morgan fingerprint density at radius 3 is 2.66 bits per heavy atom. The number of carbonyl (C=O) groups excluding carboxylic acids is 2. The van der Waals surface area contributed by atoms with Crippen LogP contribution in [-0.2, 0) is 11.3 Å². The molecule has 0 saturated carbocycles. The van der Waals surface area contributed by atoms with Crippen LogP contribution < -0.4 is 10.6 Å². The number of amides is 2. The van der Waals surface area contributed by atoms with Crippen LogP contribution in [0, 0.1) is 10.1 Å². The van der Waals surface area contributed by atoms with Gasteiger partial charge in [-0.1, -0.05) is 24.3 Å². The van der Waals surface area contributed by atoms with Crippen LogP contribution in [-0.4, -0.2) is 16.7 Å². The van der Waals surface area contributed by atoms with Crippen LogP contribution in [0.5, 0.6) is 0 Å². The summed E-state index contributed by atoms with van der Waals surface area (Å²) in [5, 5.41) is 16.2. The molecule has 8 heteroatoms. The van der Waals surface area contributed by atoms with Crippen LogP contribution in [0.4, 0.5) is 11.4 Å². The quantitative estimate of drug-likeness (QED) is 0.361. The summed E-state index contributed by atoms with van der Waals surface area (Å²) in [4.78, 5) is 35.0. The van der Waals surface area contributed by atoms with Crippen molar-refractivity contribution in [3.63, 3.8) is 0 Å². The highest BCUT2D eigenvalue weighted by atomic mass is 16.6. The Bertz CT molecular complexity index is 1060. The van der Waals surface area contributed by atoms with Crippen molar-refractivity contribution in [3.8, 4) is 0 Å². The third-order valence-corrected chi connectivity index (χ3v) is 3.94. The van der Waals surface area contributed by atoms with Gasteiger partial charge >= 0.3 is 0 Å². The highest BCUT2D eigenvalue weighted by Gasteiger charge is 2.12. The molecule has 0 saturated heterocycles. The Labute approximate surface area is 166 Å². The van der Waals surface area contributed by atoms with E-state index in [0.717, 1.165) is 0 Å². The zero-order valence-electron chi connectivity index (χ0n) is 15.2. The molecule has 1 aromatic heterocycles. The van der Waals surface area contributed by atoms with Crippen LogP contribution in [0.25, 0.3) is 6.08 Å². The zero-order valence-corrected chi connectivity index (χ0v) is 15.2. The number of benzene rings is 2. The minimum absolute atomic E-state index is 0.0638. The molecule has 0 bridgehead atoms. The fourth-order valence-electron chi connectivity index (χ4n) is 2.55. The number of nitrogens with zero attached hydrogens (tertiary/aromatic N) is 1. The van der Waals surface area contributed by atoms with Gasteiger partial charge < -0.3 is 15.1 Å². The molecule has 0 fully saturated rings. The van der Waals surface area contributed by atoms with E-state index in [1.54, 1.807) is 42.5 Å². The number of rotatable bonds is 7. The molecule has 8 nitrogen and oxygen atoms in total. The molecule has 0 aliphatic rings. The highest BCUT2D eigenvalue weighted by Crippen LogP contribution is 2.17. The number of carbonyl (C=O) groups is 2. The van der Waals surface area contributed by atoms with E-state index in [0.29, 0.717) is 22.6 Å². The molecule has 0 radical (unpaired) electrons. The number of non-ortho nitro benzene ring substituents is 1. The van der Waals surface area contributed by atoms with Crippen LogP contribution in [0.3, 0.4) is 0 Å². The Morgan fingerprint density at radius 1 is 1.07 bits per heavy atom. The van der Waals surface area contributed by atoms with Crippen molar-refractivity contribution in [1.82, 2.24) is 5.32 Å². The molecule has 2 aromatic carbocycles. The van der Waals surface area contributed by atoms with Gasteiger partial charge in [0.1, 0.15) is 5.76 Å². The van der Waals surface area contributed by atoms with Gasteiger partial charge in [-0.3, -0.25) is 19.7 Å². The molecule has 1 heterocycles. The molecular weight excluding hydrogens is 374 g/mol. The first kappa shape index (κ1) is 19.6. The largest absolute Gasteiger partial charge is 0.467 e. The number of nitrogens with one attached hydrogen (secondary N) is 2. The molecule has 3 aromatic rings. The van der Waals surface area contributed by atoms with Gasteiger partial charge in [-0.05, 0) is 35.9 Å². The number of nitro benzene ring substituents is 1. The third kappa shape index (κ3) is 5.39. The molecule has 0 aliphatic carbocycles. The summed E-state index contributed by atoms with van der Waals surface area (Å²) in [6.45, 7) is 0.223. The van der Waals surface area contributed by atoms with Gasteiger partial charge in [0.25, 0.3) is 11.6 Å². The summed E-state index contributed by atoms with van der Waals surface area (Å²) in [5.74, 6) is -0.220. The average Bonchev–Trinajstić information content (AvgIpc) is 3.25. The zero-order chi connectivity index (χ0) is 20.6. The van der Waals surface area contributed by atoms with E-state index in [1.807, 2.05) is 0 Å². The van der Waals surface area contributed by atoms with E-state index >= 15 is 0 Å². The van der Waals surface area contributed by atoms with E-state index in [1.165, 1.54) is 36.6 Å². The van der Waals surface area contributed by atoms with Crippen molar-refractivity contribution >= 4 is 29.3 Å². The minimum atomic E-state index is -0.505. The van der Waals surface area contributed by atoms with Gasteiger partial charge in [-0.25, -0.2) is 0 Å². The number of furan rings is 1. The van der Waals surface area contributed by atoms with E-state index in [9.17, 15) is 19.7 Å². The predicted octanol–water partition coefficient (Wildman–Crippen LogP) is 3.77. The van der Waals surface area contributed by atoms with Crippen molar-refractivity contribution in [3.05, 3.63) is 100 Å².